The van der Waals surface area contributed by atoms with Crippen LogP contribution in [-0.2, 0) is 4.74 Å². The Kier molecular flexibility index (Phi) is 6.01. The van der Waals surface area contributed by atoms with Crippen molar-refractivity contribution in [3.8, 4) is 0 Å². The molecule has 1 atom stereocenters. The SMILES string of the molecule is CC(C)(O)CCN1CCN(C(=O)OC(C)(C)C)CC1CN. The molecule has 1 saturated heterocycles. The Hall–Kier alpha value is -0.850. The van der Waals surface area contributed by atoms with Gasteiger partial charge in [0.2, 0.25) is 0 Å². The van der Waals surface area contributed by atoms with E-state index in [1.807, 2.05) is 20.8 Å². The molecule has 0 spiro atoms. The number of ether oxygens (including phenoxy) is 1. The summed E-state index contributed by atoms with van der Waals surface area (Å²) in [6.07, 6.45) is 0.415. The molecule has 1 amide bonds. The number of nitrogens with two attached hydrogens (primary N) is 1. The van der Waals surface area contributed by atoms with E-state index in [2.05, 4.69) is 4.90 Å². The molecule has 0 radical (unpaired) electrons. The molecular formula is C15H31N3O3. The van der Waals surface area contributed by atoms with Crippen LogP contribution in [0.25, 0.3) is 0 Å². The highest BCUT2D eigenvalue weighted by Crippen LogP contribution is 2.16. The first-order valence-electron chi connectivity index (χ1n) is 7.66. The number of nitrogens with zero attached hydrogens (tertiary/aromatic N) is 2. The van der Waals surface area contributed by atoms with E-state index in [-0.39, 0.29) is 12.1 Å². The first-order chi connectivity index (χ1) is 9.52. The minimum Gasteiger partial charge on any atom is -0.444 e. The molecule has 0 aromatic carbocycles. The number of rotatable bonds is 4. The Morgan fingerprint density at radius 1 is 1.29 bits per heavy atom. The van der Waals surface area contributed by atoms with E-state index in [1.54, 1.807) is 18.7 Å². The van der Waals surface area contributed by atoms with Gasteiger partial charge in [-0.15, -0.1) is 0 Å². The number of hydrogen-bond acceptors (Lipinski definition) is 5. The third-order valence-electron chi connectivity index (χ3n) is 3.54. The highest BCUT2D eigenvalue weighted by Gasteiger charge is 2.31. The molecule has 1 aliphatic rings. The predicted molar refractivity (Wildman–Crippen MR) is 83.1 cm³/mol. The molecule has 6 nitrogen and oxygen atoms in total. The molecule has 21 heavy (non-hydrogen) atoms. The van der Waals surface area contributed by atoms with Gasteiger partial charge in [-0.1, -0.05) is 0 Å². The molecule has 1 aliphatic heterocycles. The van der Waals surface area contributed by atoms with E-state index in [9.17, 15) is 9.90 Å². The summed E-state index contributed by atoms with van der Waals surface area (Å²) in [5.41, 5.74) is 4.68. The van der Waals surface area contributed by atoms with Crippen molar-refractivity contribution in [3.05, 3.63) is 0 Å². The molecule has 0 aromatic heterocycles. The maximum atomic E-state index is 12.1. The molecule has 0 bridgehead atoms. The Bertz CT molecular complexity index is 347. The molecule has 3 N–H and O–H groups in total. The maximum absolute atomic E-state index is 12.1. The summed E-state index contributed by atoms with van der Waals surface area (Å²) in [6, 6.07) is 0.119. The van der Waals surface area contributed by atoms with E-state index < -0.39 is 11.2 Å². The van der Waals surface area contributed by atoms with Crippen LogP contribution in [-0.4, -0.2) is 71.0 Å². The number of hydrogen-bond donors (Lipinski definition) is 2. The second-order valence-electron chi connectivity index (χ2n) is 7.41. The van der Waals surface area contributed by atoms with Crippen LogP contribution in [0.2, 0.25) is 0 Å². The first-order valence-corrected chi connectivity index (χ1v) is 7.66. The summed E-state index contributed by atoms with van der Waals surface area (Å²) in [5.74, 6) is 0. The van der Waals surface area contributed by atoms with Gasteiger partial charge in [-0.3, -0.25) is 4.90 Å². The summed E-state index contributed by atoms with van der Waals surface area (Å²) >= 11 is 0. The van der Waals surface area contributed by atoms with Gasteiger partial charge in [0, 0.05) is 38.8 Å². The number of aliphatic hydroxyl groups is 1. The lowest BCUT2D eigenvalue weighted by atomic mass is 10.0. The summed E-state index contributed by atoms with van der Waals surface area (Å²) in [4.78, 5) is 16.1. The third kappa shape index (κ3) is 6.63. The number of carbonyl (C=O) groups excluding carboxylic acids is 1. The summed E-state index contributed by atoms with van der Waals surface area (Å²) in [6.45, 7) is 12.5. The number of piperazine rings is 1. The second kappa shape index (κ2) is 6.94. The van der Waals surface area contributed by atoms with Crippen LogP contribution in [0.1, 0.15) is 41.0 Å². The van der Waals surface area contributed by atoms with E-state index in [4.69, 9.17) is 10.5 Å². The van der Waals surface area contributed by atoms with Gasteiger partial charge in [-0.2, -0.15) is 0 Å². The van der Waals surface area contributed by atoms with Crippen molar-refractivity contribution in [1.29, 1.82) is 0 Å². The zero-order valence-electron chi connectivity index (χ0n) is 14.1. The molecule has 6 heteroatoms. The fourth-order valence-corrected chi connectivity index (χ4v) is 2.32. The van der Waals surface area contributed by atoms with Crippen LogP contribution < -0.4 is 5.73 Å². The van der Waals surface area contributed by atoms with Gasteiger partial charge in [0.15, 0.2) is 0 Å². The maximum Gasteiger partial charge on any atom is 0.410 e. The molecular weight excluding hydrogens is 270 g/mol. The highest BCUT2D eigenvalue weighted by atomic mass is 16.6. The van der Waals surface area contributed by atoms with Gasteiger partial charge in [0.1, 0.15) is 5.60 Å². The van der Waals surface area contributed by atoms with E-state index in [1.165, 1.54) is 0 Å². The van der Waals surface area contributed by atoms with Crippen LogP contribution in [0.5, 0.6) is 0 Å². The Morgan fingerprint density at radius 3 is 2.38 bits per heavy atom. The fourth-order valence-electron chi connectivity index (χ4n) is 2.32. The molecule has 0 aromatic rings. The molecule has 0 saturated carbocycles. The monoisotopic (exact) mass is 301 g/mol. The van der Waals surface area contributed by atoms with Crippen molar-refractivity contribution >= 4 is 6.09 Å². The van der Waals surface area contributed by atoms with Crippen molar-refractivity contribution < 1.29 is 14.6 Å². The fraction of sp³-hybridized carbons (Fsp3) is 0.933. The zero-order valence-corrected chi connectivity index (χ0v) is 14.1. The first kappa shape index (κ1) is 18.2. The largest absolute Gasteiger partial charge is 0.444 e. The van der Waals surface area contributed by atoms with E-state index in [0.29, 0.717) is 26.1 Å². The standard InChI is InChI=1S/C15H31N3O3/c1-14(2,3)21-13(19)18-9-8-17(12(10-16)11-18)7-6-15(4,5)20/h12,20H,6-11,16H2,1-5H3. The van der Waals surface area contributed by atoms with Gasteiger partial charge < -0.3 is 20.5 Å². The zero-order chi connectivity index (χ0) is 16.3. The molecule has 1 heterocycles. The lowest BCUT2D eigenvalue weighted by molar-refractivity contribution is -0.00220. The Morgan fingerprint density at radius 2 is 1.90 bits per heavy atom. The van der Waals surface area contributed by atoms with E-state index >= 15 is 0 Å². The van der Waals surface area contributed by atoms with E-state index in [0.717, 1.165) is 13.1 Å². The lowest BCUT2D eigenvalue weighted by Crippen LogP contribution is -2.58. The van der Waals surface area contributed by atoms with Crippen LogP contribution in [0.4, 0.5) is 4.79 Å². The summed E-state index contributed by atoms with van der Waals surface area (Å²) in [7, 11) is 0. The topological polar surface area (TPSA) is 79.0 Å². The van der Waals surface area contributed by atoms with Crippen molar-refractivity contribution in [3.63, 3.8) is 0 Å². The van der Waals surface area contributed by atoms with Gasteiger partial charge in [0.05, 0.1) is 5.60 Å². The molecule has 1 unspecified atom stereocenters. The molecule has 1 rings (SSSR count). The van der Waals surface area contributed by atoms with Gasteiger partial charge >= 0.3 is 6.09 Å². The molecule has 0 aliphatic carbocycles. The van der Waals surface area contributed by atoms with Gasteiger partial charge in [-0.25, -0.2) is 4.79 Å². The predicted octanol–water partition coefficient (Wildman–Crippen LogP) is 1.03. The highest BCUT2D eigenvalue weighted by molar-refractivity contribution is 5.68. The molecule has 124 valence electrons. The number of carbonyl (C=O) groups is 1. The lowest BCUT2D eigenvalue weighted by Gasteiger charge is -2.41. The van der Waals surface area contributed by atoms with Crippen molar-refractivity contribution in [2.24, 2.45) is 5.73 Å². The van der Waals surface area contributed by atoms with Crippen LogP contribution in [0.15, 0.2) is 0 Å². The summed E-state index contributed by atoms with van der Waals surface area (Å²) in [5, 5.41) is 9.83. The van der Waals surface area contributed by atoms with Crippen LogP contribution >= 0.6 is 0 Å². The van der Waals surface area contributed by atoms with Gasteiger partial charge in [0.25, 0.3) is 0 Å². The van der Waals surface area contributed by atoms with Crippen molar-refractivity contribution in [2.75, 3.05) is 32.7 Å². The van der Waals surface area contributed by atoms with Crippen LogP contribution in [0, 0.1) is 0 Å². The summed E-state index contributed by atoms with van der Waals surface area (Å²) < 4.78 is 5.41. The quantitative estimate of drug-likeness (QED) is 0.811. The number of amides is 1. The van der Waals surface area contributed by atoms with Crippen molar-refractivity contribution in [2.45, 2.75) is 58.3 Å². The second-order valence-corrected chi connectivity index (χ2v) is 7.41. The Balaban J connectivity index is 2.54. The third-order valence-corrected chi connectivity index (χ3v) is 3.54. The van der Waals surface area contributed by atoms with Gasteiger partial charge in [-0.05, 0) is 41.0 Å². The minimum atomic E-state index is -0.679. The Labute approximate surface area is 128 Å². The smallest absolute Gasteiger partial charge is 0.410 e. The molecule has 1 fully saturated rings. The van der Waals surface area contributed by atoms with Crippen molar-refractivity contribution in [1.82, 2.24) is 9.80 Å². The average Bonchev–Trinajstić information content (AvgIpc) is 2.33. The van der Waals surface area contributed by atoms with Crippen LogP contribution in [0.3, 0.4) is 0 Å². The minimum absolute atomic E-state index is 0.119. The average molecular weight is 301 g/mol. The normalized spacial score (nSPS) is 21.5.